The number of benzene rings is 2. The number of nitrogens with zero attached hydrogens (tertiary/aromatic N) is 2. The van der Waals surface area contributed by atoms with Crippen LogP contribution in [-0.2, 0) is 10.3 Å². The van der Waals surface area contributed by atoms with Crippen LogP contribution >= 0.6 is 0 Å². The molecule has 2 aliphatic heterocycles. The van der Waals surface area contributed by atoms with Gasteiger partial charge in [-0.25, -0.2) is 9.18 Å². The van der Waals surface area contributed by atoms with Crippen LogP contribution in [0, 0.1) is 18.2 Å². The molecule has 0 radical (unpaired) electrons. The maximum Gasteiger partial charge on any atom is 0.420 e. The molecule has 34 heavy (non-hydrogen) atoms. The number of quaternary nitrogens is 1. The number of carbonyl (C=O) groups excluding carboxylic acids is 3. The summed E-state index contributed by atoms with van der Waals surface area (Å²) in [7, 11) is 0. The highest BCUT2D eigenvalue weighted by atomic mass is 19.1. The molecule has 8 nitrogen and oxygen atoms in total. The molecule has 0 aromatic heterocycles. The predicted octanol–water partition coefficient (Wildman–Crippen LogP) is 1.57. The van der Waals surface area contributed by atoms with Crippen molar-refractivity contribution < 1.29 is 23.9 Å². The van der Waals surface area contributed by atoms with Crippen LogP contribution in [-0.4, -0.2) is 53.6 Å². The number of urea groups is 1. The van der Waals surface area contributed by atoms with Gasteiger partial charge in [0.15, 0.2) is 0 Å². The largest absolute Gasteiger partial charge is 0.420 e. The summed E-state index contributed by atoms with van der Waals surface area (Å²) in [6.07, 6.45) is 5.67. The quantitative estimate of drug-likeness (QED) is 0.468. The van der Waals surface area contributed by atoms with Crippen LogP contribution in [0.3, 0.4) is 0 Å². The highest BCUT2D eigenvalue weighted by molar-refractivity contribution is 6.00. The van der Waals surface area contributed by atoms with Crippen molar-refractivity contribution in [3.8, 4) is 12.3 Å². The van der Waals surface area contributed by atoms with Crippen molar-refractivity contribution in [2.45, 2.75) is 30.9 Å². The second kappa shape index (κ2) is 8.56. The topological polar surface area (TPSA) is 127 Å². The highest BCUT2D eigenvalue weighted by Gasteiger charge is 2.69. The van der Waals surface area contributed by atoms with Crippen molar-refractivity contribution in [3.63, 3.8) is 0 Å². The summed E-state index contributed by atoms with van der Waals surface area (Å²) in [6, 6.07) is 8.89. The van der Waals surface area contributed by atoms with Gasteiger partial charge in [-0.15, -0.1) is 6.42 Å². The van der Waals surface area contributed by atoms with Gasteiger partial charge in [-0.2, -0.15) is 4.48 Å². The lowest BCUT2D eigenvalue weighted by molar-refractivity contribution is -0.127. The van der Waals surface area contributed by atoms with E-state index >= 15 is 4.39 Å². The number of hydrogen-bond donors (Lipinski definition) is 3. The Bertz CT molecular complexity index is 1200. The zero-order valence-corrected chi connectivity index (χ0v) is 18.5. The number of amides is 4. The number of likely N-dealkylation sites (tertiary alicyclic amines) is 2. The van der Waals surface area contributed by atoms with Gasteiger partial charge in [0.1, 0.15) is 24.2 Å². The lowest BCUT2D eigenvalue weighted by atomic mass is 9.82. The van der Waals surface area contributed by atoms with Gasteiger partial charge < -0.3 is 21.5 Å². The maximum absolute atomic E-state index is 15.7. The molecular weight excluding hydrogens is 439 g/mol. The van der Waals surface area contributed by atoms with Crippen molar-refractivity contribution in [1.29, 1.82) is 0 Å². The number of terminal acetylenes is 1. The van der Waals surface area contributed by atoms with Crippen LogP contribution in [0.25, 0.3) is 0 Å². The minimum absolute atomic E-state index is 0.122. The SMILES string of the molecule is C#Cc1ccc([N+]2(C(N)=O)C[C@H](O)C[C@]2(C(N)=O)c2ccc(C(=O)N3CCCC3)cc2F)cc1. The van der Waals surface area contributed by atoms with E-state index in [9.17, 15) is 19.5 Å². The predicted molar refractivity (Wildman–Crippen MR) is 124 cm³/mol. The van der Waals surface area contributed by atoms with Gasteiger partial charge in [0.05, 0.1) is 5.56 Å². The molecule has 0 saturated carbocycles. The monoisotopic (exact) mass is 465 g/mol. The van der Waals surface area contributed by atoms with Gasteiger partial charge in [-0.1, -0.05) is 5.92 Å². The Hall–Kier alpha value is -3.74. The van der Waals surface area contributed by atoms with E-state index in [0.29, 0.717) is 18.7 Å². The molecule has 2 aliphatic rings. The van der Waals surface area contributed by atoms with Crippen molar-refractivity contribution in [2.75, 3.05) is 19.6 Å². The van der Waals surface area contributed by atoms with E-state index in [1.165, 1.54) is 24.3 Å². The van der Waals surface area contributed by atoms with Crippen LogP contribution in [0.5, 0.6) is 0 Å². The molecule has 0 spiro atoms. The summed E-state index contributed by atoms with van der Waals surface area (Å²) in [4.78, 5) is 40.5. The molecule has 2 aromatic carbocycles. The average Bonchev–Trinajstić information content (AvgIpc) is 3.46. The number of primary amides is 2. The fraction of sp³-hybridized carbons (Fsp3) is 0.320. The number of hydrogen-bond acceptors (Lipinski definition) is 4. The molecule has 1 unspecified atom stereocenters. The number of aliphatic hydroxyl groups excluding tert-OH is 1. The zero-order valence-electron chi connectivity index (χ0n) is 18.5. The third kappa shape index (κ3) is 3.34. The van der Waals surface area contributed by atoms with Crippen LogP contribution in [0.1, 0.15) is 40.7 Å². The Balaban J connectivity index is 1.91. The summed E-state index contributed by atoms with van der Waals surface area (Å²) >= 11 is 0. The lowest BCUT2D eigenvalue weighted by Crippen LogP contribution is -2.70. The van der Waals surface area contributed by atoms with Gasteiger partial charge >= 0.3 is 6.03 Å². The van der Waals surface area contributed by atoms with E-state index < -0.39 is 33.9 Å². The third-order valence-corrected chi connectivity index (χ3v) is 6.98. The molecule has 2 fully saturated rings. The van der Waals surface area contributed by atoms with Gasteiger partial charge in [-0.05, 0) is 43.2 Å². The summed E-state index contributed by atoms with van der Waals surface area (Å²) in [5.74, 6) is 0.229. The van der Waals surface area contributed by atoms with E-state index in [0.717, 1.165) is 18.9 Å². The molecule has 0 bridgehead atoms. The second-order valence-corrected chi connectivity index (χ2v) is 8.80. The van der Waals surface area contributed by atoms with Crippen LogP contribution in [0.2, 0.25) is 0 Å². The summed E-state index contributed by atoms with van der Waals surface area (Å²) < 4.78 is 14.8. The second-order valence-electron chi connectivity index (χ2n) is 8.80. The molecule has 2 saturated heterocycles. The van der Waals surface area contributed by atoms with Crippen molar-refractivity contribution in [2.24, 2.45) is 11.5 Å². The number of aliphatic hydroxyl groups is 1. The van der Waals surface area contributed by atoms with E-state index in [1.807, 2.05) is 0 Å². The van der Waals surface area contributed by atoms with Gasteiger partial charge in [-0.3, -0.25) is 9.59 Å². The van der Waals surface area contributed by atoms with Crippen molar-refractivity contribution in [3.05, 3.63) is 65.0 Å². The first kappa shape index (κ1) is 23.4. The highest BCUT2D eigenvalue weighted by Crippen LogP contribution is 2.49. The molecule has 9 heteroatoms. The maximum atomic E-state index is 15.7. The third-order valence-electron chi connectivity index (χ3n) is 6.98. The van der Waals surface area contributed by atoms with Crippen LogP contribution < -0.4 is 16.0 Å². The first-order valence-corrected chi connectivity index (χ1v) is 11.0. The number of halogens is 1. The summed E-state index contributed by atoms with van der Waals surface area (Å²) in [5, 5.41) is 10.7. The Labute approximate surface area is 196 Å². The molecule has 2 aromatic rings. The summed E-state index contributed by atoms with van der Waals surface area (Å²) in [5.41, 5.74) is 10.3. The normalized spacial score (nSPS) is 26.3. The number of carbonyl (C=O) groups is 3. The standard InChI is InChI=1S/C25H25FN4O4/c1-2-16-5-8-18(9-6-16)30(24(28)34)15-19(31)14-25(30,23(27)33)20-10-7-17(13-21(20)26)22(32)29-11-3-4-12-29/h1,5-10,13,19,31H,3-4,11-12,14-15H2,(H3-,27,28,33,34)/p+1/t19-,25-,30?/m1/s1. The Morgan fingerprint density at radius 3 is 2.29 bits per heavy atom. The lowest BCUT2D eigenvalue weighted by Gasteiger charge is -2.42. The van der Waals surface area contributed by atoms with Crippen LogP contribution in [0.4, 0.5) is 14.9 Å². The minimum atomic E-state index is -2.04. The van der Waals surface area contributed by atoms with Crippen LogP contribution in [0.15, 0.2) is 42.5 Å². The molecule has 3 atom stereocenters. The van der Waals surface area contributed by atoms with Gasteiger partial charge in [0.2, 0.25) is 5.54 Å². The first-order chi connectivity index (χ1) is 16.2. The molecule has 2 heterocycles. The first-order valence-electron chi connectivity index (χ1n) is 11.0. The fourth-order valence-electron chi connectivity index (χ4n) is 5.40. The van der Waals surface area contributed by atoms with E-state index in [1.54, 1.807) is 17.0 Å². The van der Waals surface area contributed by atoms with Gasteiger partial charge in [0, 0.05) is 42.8 Å². The number of nitrogens with two attached hydrogens (primary N) is 2. The Morgan fingerprint density at radius 1 is 1.12 bits per heavy atom. The fourth-order valence-corrected chi connectivity index (χ4v) is 5.40. The van der Waals surface area contributed by atoms with E-state index in [-0.39, 0.29) is 35.7 Å². The zero-order chi connectivity index (χ0) is 24.7. The summed E-state index contributed by atoms with van der Waals surface area (Å²) in [6.45, 7) is 0.894. The van der Waals surface area contributed by atoms with E-state index in [4.69, 9.17) is 17.9 Å². The molecular formula is C25H26FN4O4+. The molecule has 4 amide bonds. The van der Waals surface area contributed by atoms with Gasteiger partial charge in [0.25, 0.3) is 11.8 Å². The smallest absolute Gasteiger partial charge is 0.387 e. The van der Waals surface area contributed by atoms with E-state index in [2.05, 4.69) is 5.92 Å². The molecule has 176 valence electrons. The number of rotatable bonds is 4. The average molecular weight is 466 g/mol. The Kier molecular flexibility index (Phi) is 5.89. The minimum Gasteiger partial charge on any atom is -0.387 e. The molecule has 5 N–H and O–H groups in total. The molecule has 0 aliphatic carbocycles. The molecule has 4 rings (SSSR count). The Morgan fingerprint density at radius 2 is 1.76 bits per heavy atom. The van der Waals surface area contributed by atoms with Crippen molar-refractivity contribution in [1.82, 2.24) is 9.38 Å². The van der Waals surface area contributed by atoms with Crippen molar-refractivity contribution >= 4 is 23.5 Å².